The van der Waals surface area contributed by atoms with Crippen LogP contribution in [0.15, 0.2) is 53.4 Å². The molecule has 34 heavy (non-hydrogen) atoms. The van der Waals surface area contributed by atoms with E-state index in [2.05, 4.69) is 10.0 Å². The number of carbonyl (C=O) groups excluding carboxylic acids is 3. The van der Waals surface area contributed by atoms with Crippen molar-refractivity contribution >= 4 is 33.4 Å². The second-order valence-corrected chi connectivity index (χ2v) is 11.3. The molecular formula is C25H27N3O5S. The maximum absolute atomic E-state index is 12.9. The van der Waals surface area contributed by atoms with Gasteiger partial charge in [-0.15, -0.1) is 0 Å². The van der Waals surface area contributed by atoms with Crippen LogP contribution in [-0.2, 0) is 14.8 Å². The van der Waals surface area contributed by atoms with Gasteiger partial charge in [-0.3, -0.25) is 19.3 Å². The zero-order valence-electron chi connectivity index (χ0n) is 18.9. The van der Waals surface area contributed by atoms with Gasteiger partial charge in [-0.2, -0.15) is 0 Å². The number of imide groups is 1. The smallest absolute Gasteiger partial charge is 0.262 e. The highest BCUT2D eigenvalue weighted by Gasteiger charge is 2.42. The van der Waals surface area contributed by atoms with Crippen molar-refractivity contribution in [3.05, 3.63) is 59.7 Å². The van der Waals surface area contributed by atoms with Gasteiger partial charge in [-0.1, -0.05) is 18.6 Å². The number of rotatable bonds is 7. The standard InChI is InChI=1S/C25H27N3O5S/c1-15(22-13-16-6-7-17(22)12-16)27-34(32,33)19-10-8-18(9-11-19)26-23(29)14-28-24(30)20-4-2-3-5-21(20)25(28)31/h2-5,8-11,15-17,22,27H,6-7,12-14H2,1H3,(H,26,29). The number of amides is 3. The summed E-state index contributed by atoms with van der Waals surface area (Å²) in [6, 6.07) is 12.2. The van der Waals surface area contributed by atoms with Crippen LogP contribution in [-0.4, -0.2) is 43.6 Å². The average molecular weight is 482 g/mol. The number of hydrogen-bond donors (Lipinski definition) is 2. The van der Waals surface area contributed by atoms with E-state index in [9.17, 15) is 22.8 Å². The van der Waals surface area contributed by atoms with Gasteiger partial charge in [0.2, 0.25) is 15.9 Å². The Morgan fingerprint density at radius 3 is 2.21 bits per heavy atom. The van der Waals surface area contributed by atoms with Gasteiger partial charge in [0.25, 0.3) is 11.8 Å². The van der Waals surface area contributed by atoms with Crippen molar-refractivity contribution < 1.29 is 22.8 Å². The van der Waals surface area contributed by atoms with Crippen molar-refractivity contribution in [2.75, 3.05) is 11.9 Å². The van der Waals surface area contributed by atoms with E-state index in [1.165, 1.54) is 43.5 Å². The number of anilines is 1. The molecule has 0 radical (unpaired) electrons. The number of nitrogens with zero attached hydrogens (tertiary/aromatic N) is 1. The molecular weight excluding hydrogens is 454 g/mol. The van der Waals surface area contributed by atoms with E-state index in [1.807, 2.05) is 6.92 Å². The predicted octanol–water partition coefficient (Wildman–Crippen LogP) is 3.02. The molecule has 3 amide bonds. The monoisotopic (exact) mass is 481 g/mol. The second kappa shape index (κ2) is 8.63. The third kappa shape index (κ3) is 4.14. The number of benzene rings is 2. The van der Waals surface area contributed by atoms with Crippen LogP contribution in [0.25, 0.3) is 0 Å². The Labute approximate surface area is 198 Å². The van der Waals surface area contributed by atoms with Gasteiger partial charge < -0.3 is 5.32 Å². The molecule has 2 fully saturated rings. The molecule has 2 N–H and O–H groups in total. The Hall–Kier alpha value is -3.04. The maximum Gasteiger partial charge on any atom is 0.262 e. The number of nitrogens with one attached hydrogen (secondary N) is 2. The Morgan fingerprint density at radius 2 is 1.65 bits per heavy atom. The number of sulfonamides is 1. The van der Waals surface area contributed by atoms with E-state index < -0.39 is 34.3 Å². The van der Waals surface area contributed by atoms with E-state index in [0.29, 0.717) is 17.5 Å². The van der Waals surface area contributed by atoms with E-state index in [-0.39, 0.29) is 22.1 Å². The van der Waals surface area contributed by atoms with Crippen molar-refractivity contribution in [1.82, 2.24) is 9.62 Å². The average Bonchev–Trinajstić information content (AvgIpc) is 3.51. The zero-order valence-corrected chi connectivity index (χ0v) is 19.7. The molecule has 0 saturated heterocycles. The summed E-state index contributed by atoms with van der Waals surface area (Å²) in [6.07, 6.45) is 4.76. The van der Waals surface area contributed by atoms with Gasteiger partial charge in [0.05, 0.1) is 16.0 Å². The van der Waals surface area contributed by atoms with E-state index in [1.54, 1.807) is 24.3 Å². The Morgan fingerprint density at radius 1 is 1.00 bits per heavy atom. The van der Waals surface area contributed by atoms with Crippen LogP contribution in [0.2, 0.25) is 0 Å². The summed E-state index contributed by atoms with van der Waals surface area (Å²) < 4.78 is 28.6. The highest BCUT2D eigenvalue weighted by molar-refractivity contribution is 7.89. The van der Waals surface area contributed by atoms with E-state index >= 15 is 0 Å². The number of hydrogen-bond acceptors (Lipinski definition) is 5. The quantitative estimate of drug-likeness (QED) is 0.591. The van der Waals surface area contributed by atoms with Crippen molar-refractivity contribution in [1.29, 1.82) is 0 Å². The normalized spacial score (nSPS) is 24.4. The molecule has 8 nitrogen and oxygen atoms in total. The summed E-state index contributed by atoms with van der Waals surface area (Å²) in [5.41, 5.74) is 0.936. The van der Waals surface area contributed by atoms with Crippen molar-refractivity contribution in [2.24, 2.45) is 17.8 Å². The molecule has 2 aliphatic carbocycles. The molecule has 9 heteroatoms. The lowest BCUT2D eigenvalue weighted by atomic mass is 9.84. The number of carbonyl (C=O) groups is 3. The summed E-state index contributed by atoms with van der Waals surface area (Å²) in [6.45, 7) is 1.52. The van der Waals surface area contributed by atoms with Gasteiger partial charge in [-0.05, 0) is 80.3 Å². The fraction of sp³-hybridized carbons (Fsp3) is 0.400. The molecule has 2 aromatic rings. The molecule has 1 heterocycles. The molecule has 3 aliphatic rings. The first-order valence-electron chi connectivity index (χ1n) is 11.6. The Balaban J connectivity index is 1.19. The van der Waals surface area contributed by atoms with Crippen LogP contribution >= 0.6 is 0 Å². The first kappa shape index (κ1) is 22.7. The van der Waals surface area contributed by atoms with Crippen LogP contribution in [0.1, 0.15) is 53.3 Å². The fourth-order valence-electron chi connectivity index (χ4n) is 5.75. The highest BCUT2D eigenvalue weighted by atomic mass is 32.2. The third-order valence-corrected chi connectivity index (χ3v) is 8.98. The summed E-state index contributed by atoms with van der Waals surface area (Å²) in [7, 11) is -3.68. The van der Waals surface area contributed by atoms with Gasteiger partial charge in [0.1, 0.15) is 6.54 Å². The highest BCUT2D eigenvalue weighted by Crippen LogP contribution is 2.49. The van der Waals surface area contributed by atoms with Crippen LogP contribution in [0.5, 0.6) is 0 Å². The first-order valence-corrected chi connectivity index (χ1v) is 13.1. The minimum atomic E-state index is -3.68. The summed E-state index contributed by atoms with van der Waals surface area (Å²) in [5.74, 6) is 0.177. The van der Waals surface area contributed by atoms with Gasteiger partial charge in [-0.25, -0.2) is 13.1 Å². The molecule has 2 saturated carbocycles. The lowest BCUT2D eigenvalue weighted by molar-refractivity contribution is -0.116. The Bertz CT molecular complexity index is 1220. The number of fused-ring (bicyclic) bond motifs is 3. The lowest BCUT2D eigenvalue weighted by Gasteiger charge is -2.28. The molecule has 4 unspecified atom stereocenters. The molecule has 0 aromatic heterocycles. The fourth-order valence-corrected chi connectivity index (χ4v) is 7.05. The molecule has 2 bridgehead atoms. The Kier molecular flexibility index (Phi) is 5.77. The largest absolute Gasteiger partial charge is 0.325 e. The van der Waals surface area contributed by atoms with Crippen molar-refractivity contribution in [3.63, 3.8) is 0 Å². The minimum absolute atomic E-state index is 0.126. The molecule has 4 atom stereocenters. The SMILES string of the molecule is CC(NS(=O)(=O)c1ccc(NC(=O)CN2C(=O)c3ccccc3C2=O)cc1)C1CC2CCC1C2. The summed E-state index contributed by atoms with van der Waals surface area (Å²) in [4.78, 5) is 38.3. The van der Waals surface area contributed by atoms with Crippen LogP contribution in [0.4, 0.5) is 5.69 Å². The van der Waals surface area contributed by atoms with Gasteiger partial charge in [0, 0.05) is 11.7 Å². The molecule has 5 rings (SSSR count). The first-order chi connectivity index (χ1) is 16.2. The summed E-state index contributed by atoms with van der Waals surface area (Å²) >= 11 is 0. The maximum atomic E-state index is 12.9. The van der Waals surface area contributed by atoms with Crippen LogP contribution in [0.3, 0.4) is 0 Å². The molecule has 0 spiro atoms. The van der Waals surface area contributed by atoms with Crippen LogP contribution in [0, 0.1) is 17.8 Å². The van der Waals surface area contributed by atoms with Gasteiger partial charge in [0.15, 0.2) is 0 Å². The third-order valence-electron chi connectivity index (χ3n) is 7.40. The lowest BCUT2D eigenvalue weighted by Crippen LogP contribution is -2.40. The predicted molar refractivity (Wildman–Crippen MR) is 126 cm³/mol. The summed E-state index contributed by atoms with van der Waals surface area (Å²) in [5, 5.41) is 2.62. The van der Waals surface area contributed by atoms with Gasteiger partial charge >= 0.3 is 0 Å². The van der Waals surface area contributed by atoms with Crippen molar-refractivity contribution in [3.8, 4) is 0 Å². The molecule has 1 aliphatic heterocycles. The molecule has 178 valence electrons. The van der Waals surface area contributed by atoms with E-state index in [0.717, 1.165) is 17.2 Å². The minimum Gasteiger partial charge on any atom is -0.325 e. The topological polar surface area (TPSA) is 113 Å². The second-order valence-electron chi connectivity index (χ2n) is 9.56. The van der Waals surface area contributed by atoms with Crippen molar-refractivity contribution in [2.45, 2.75) is 43.5 Å². The van der Waals surface area contributed by atoms with E-state index in [4.69, 9.17) is 0 Å². The zero-order chi connectivity index (χ0) is 24.0. The molecule has 2 aromatic carbocycles. The van der Waals surface area contributed by atoms with Crippen LogP contribution < -0.4 is 10.0 Å².